The van der Waals surface area contributed by atoms with Crippen molar-refractivity contribution in [3.8, 4) is 0 Å². The fourth-order valence-electron chi connectivity index (χ4n) is 3.34. The van der Waals surface area contributed by atoms with Gasteiger partial charge in [-0.1, -0.05) is 12.1 Å². The summed E-state index contributed by atoms with van der Waals surface area (Å²) in [5, 5.41) is 5.70. The number of likely N-dealkylation sites (N-methyl/N-ethyl adjacent to an activating group) is 1. The van der Waals surface area contributed by atoms with Crippen LogP contribution >= 0.6 is 0 Å². The zero-order valence-electron chi connectivity index (χ0n) is 14.0. The Hall–Kier alpha value is -1.60. The van der Waals surface area contributed by atoms with Crippen LogP contribution in [-0.2, 0) is 11.0 Å². The summed E-state index contributed by atoms with van der Waals surface area (Å²) < 4.78 is 38.2. The number of alkyl halides is 3. The number of carbonyl (C=O) groups is 1. The standard InChI is InChI=1S/C17H24F3N3O/c1-21-11-15(24)22-10-13-4-3-9-23(2)16(13)12-5-7-14(8-6-12)17(18,19)20/h5-8,13,16,21H,3-4,9-11H2,1-2H3,(H,22,24). The van der Waals surface area contributed by atoms with Crippen LogP contribution in [-0.4, -0.2) is 44.5 Å². The van der Waals surface area contributed by atoms with Crippen molar-refractivity contribution >= 4 is 5.91 Å². The largest absolute Gasteiger partial charge is 0.416 e. The Morgan fingerprint density at radius 3 is 2.54 bits per heavy atom. The van der Waals surface area contributed by atoms with Gasteiger partial charge < -0.3 is 10.6 Å². The summed E-state index contributed by atoms with van der Waals surface area (Å²) in [4.78, 5) is 13.8. The molecule has 1 aliphatic heterocycles. The molecule has 1 aliphatic rings. The van der Waals surface area contributed by atoms with Crippen LogP contribution in [0.3, 0.4) is 0 Å². The highest BCUT2D eigenvalue weighted by atomic mass is 19.4. The molecule has 0 bridgehead atoms. The van der Waals surface area contributed by atoms with Crippen LogP contribution in [0, 0.1) is 5.92 Å². The molecule has 7 heteroatoms. The third-order valence-corrected chi connectivity index (χ3v) is 4.49. The second-order valence-electron chi connectivity index (χ2n) is 6.28. The van der Waals surface area contributed by atoms with Gasteiger partial charge in [0.15, 0.2) is 0 Å². The van der Waals surface area contributed by atoms with Gasteiger partial charge in [-0.3, -0.25) is 9.69 Å². The monoisotopic (exact) mass is 343 g/mol. The molecule has 0 saturated carbocycles. The van der Waals surface area contributed by atoms with E-state index in [0.29, 0.717) is 6.54 Å². The van der Waals surface area contributed by atoms with Crippen LogP contribution in [0.4, 0.5) is 13.2 Å². The quantitative estimate of drug-likeness (QED) is 0.863. The average molecular weight is 343 g/mol. The Balaban J connectivity index is 2.12. The first-order valence-electron chi connectivity index (χ1n) is 8.11. The molecule has 24 heavy (non-hydrogen) atoms. The molecule has 4 nitrogen and oxygen atoms in total. The van der Waals surface area contributed by atoms with Gasteiger partial charge >= 0.3 is 6.18 Å². The molecule has 0 aromatic heterocycles. The third kappa shape index (κ3) is 4.70. The van der Waals surface area contributed by atoms with Crippen LogP contribution in [0.25, 0.3) is 0 Å². The zero-order chi connectivity index (χ0) is 17.7. The molecule has 0 aliphatic carbocycles. The molecular formula is C17H24F3N3O. The maximum atomic E-state index is 12.7. The molecule has 1 aromatic rings. The van der Waals surface area contributed by atoms with Crippen molar-refractivity contribution in [3.63, 3.8) is 0 Å². The summed E-state index contributed by atoms with van der Waals surface area (Å²) in [6.45, 7) is 1.68. The van der Waals surface area contributed by atoms with Crippen molar-refractivity contribution in [2.24, 2.45) is 5.92 Å². The first-order chi connectivity index (χ1) is 11.3. The summed E-state index contributed by atoms with van der Waals surface area (Å²) in [5.41, 5.74) is 0.224. The number of halogens is 3. The molecule has 1 saturated heterocycles. The number of amides is 1. The molecule has 1 amide bonds. The molecule has 1 heterocycles. The maximum Gasteiger partial charge on any atom is 0.416 e. The SMILES string of the molecule is CNCC(=O)NCC1CCCN(C)C1c1ccc(C(F)(F)F)cc1. The van der Waals surface area contributed by atoms with E-state index in [1.807, 2.05) is 7.05 Å². The van der Waals surface area contributed by atoms with E-state index in [9.17, 15) is 18.0 Å². The van der Waals surface area contributed by atoms with Gasteiger partial charge in [0.05, 0.1) is 12.1 Å². The Morgan fingerprint density at radius 1 is 1.29 bits per heavy atom. The van der Waals surface area contributed by atoms with Gasteiger partial charge in [0.1, 0.15) is 0 Å². The number of hydrogen-bond donors (Lipinski definition) is 2. The van der Waals surface area contributed by atoms with Gasteiger partial charge in [0.25, 0.3) is 0 Å². The van der Waals surface area contributed by atoms with Crippen LogP contribution in [0.5, 0.6) is 0 Å². The minimum absolute atomic E-state index is 0.0101. The second-order valence-corrected chi connectivity index (χ2v) is 6.28. The van der Waals surface area contributed by atoms with E-state index in [4.69, 9.17) is 0 Å². The predicted octanol–water partition coefficient (Wildman–Crippen LogP) is 2.42. The summed E-state index contributed by atoms with van der Waals surface area (Å²) in [6, 6.07) is 5.38. The van der Waals surface area contributed by atoms with Crippen molar-refractivity contribution in [2.45, 2.75) is 25.1 Å². The minimum atomic E-state index is -4.32. The highest BCUT2D eigenvalue weighted by Gasteiger charge is 2.33. The number of hydrogen-bond acceptors (Lipinski definition) is 3. The van der Waals surface area contributed by atoms with Crippen molar-refractivity contribution in [1.82, 2.24) is 15.5 Å². The lowest BCUT2D eigenvalue weighted by molar-refractivity contribution is -0.137. The van der Waals surface area contributed by atoms with E-state index in [0.717, 1.165) is 37.1 Å². The normalized spacial score (nSPS) is 22.4. The van der Waals surface area contributed by atoms with E-state index in [1.54, 1.807) is 19.2 Å². The third-order valence-electron chi connectivity index (χ3n) is 4.49. The molecule has 1 fully saturated rings. The average Bonchev–Trinajstić information content (AvgIpc) is 2.52. The van der Waals surface area contributed by atoms with E-state index in [1.165, 1.54) is 0 Å². The number of piperidine rings is 1. The molecule has 0 spiro atoms. The van der Waals surface area contributed by atoms with E-state index in [2.05, 4.69) is 15.5 Å². The van der Waals surface area contributed by atoms with E-state index < -0.39 is 11.7 Å². The fourth-order valence-corrected chi connectivity index (χ4v) is 3.34. The second kappa shape index (κ2) is 7.98. The first-order valence-corrected chi connectivity index (χ1v) is 8.11. The Kier molecular flexibility index (Phi) is 6.23. The van der Waals surface area contributed by atoms with Crippen molar-refractivity contribution in [2.75, 3.05) is 33.7 Å². The van der Waals surface area contributed by atoms with Crippen LogP contribution in [0.1, 0.15) is 30.0 Å². The summed E-state index contributed by atoms with van der Waals surface area (Å²) in [5.74, 6) is 0.109. The van der Waals surface area contributed by atoms with Gasteiger partial charge in [-0.05, 0) is 57.1 Å². The molecular weight excluding hydrogens is 319 g/mol. The van der Waals surface area contributed by atoms with Crippen LogP contribution in [0.2, 0.25) is 0 Å². The molecule has 2 N–H and O–H groups in total. The summed E-state index contributed by atoms with van der Waals surface area (Å²) in [7, 11) is 3.68. The molecule has 2 atom stereocenters. The van der Waals surface area contributed by atoms with Crippen molar-refractivity contribution in [1.29, 1.82) is 0 Å². The Labute approximate surface area is 140 Å². The van der Waals surface area contributed by atoms with E-state index in [-0.39, 0.29) is 24.4 Å². The number of rotatable bonds is 5. The summed E-state index contributed by atoms with van der Waals surface area (Å²) in [6.07, 6.45) is -2.37. The predicted molar refractivity (Wildman–Crippen MR) is 86.5 cm³/mol. The van der Waals surface area contributed by atoms with E-state index >= 15 is 0 Å². The lowest BCUT2D eigenvalue weighted by Gasteiger charge is -2.39. The highest BCUT2D eigenvalue weighted by molar-refractivity contribution is 5.77. The minimum Gasteiger partial charge on any atom is -0.355 e. The van der Waals surface area contributed by atoms with Crippen molar-refractivity contribution in [3.05, 3.63) is 35.4 Å². The number of likely N-dealkylation sites (tertiary alicyclic amines) is 1. The first kappa shape index (κ1) is 18.7. The summed E-state index contributed by atoms with van der Waals surface area (Å²) >= 11 is 0. The Bertz CT molecular complexity index is 545. The van der Waals surface area contributed by atoms with Gasteiger partial charge in [0.2, 0.25) is 5.91 Å². The molecule has 0 radical (unpaired) electrons. The molecule has 134 valence electrons. The van der Waals surface area contributed by atoms with Crippen LogP contribution in [0.15, 0.2) is 24.3 Å². The lowest BCUT2D eigenvalue weighted by atomic mass is 9.84. The van der Waals surface area contributed by atoms with Crippen molar-refractivity contribution < 1.29 is 18.0 Å². The molecule has 1 aromatic carbocycles. The Morgan fingerprint density at radius 2 is 1.96 bits per heavy atom. The molecule has 2 rings (SSSR count). The topological polar surface area (TPSA) is 44.4 Å². The number of nitrogens with one attached hydrogen (secondary N) is 2. The van der Waals surface area contributed by atoms with Crippen LogP contribution < -0.4 is 10.6 Å². The number of nitrogens with zero attached hydrogens (tertiary/aromatic N) is 1. The zero-order valence-corrected chi connectivity index (χ0v) is 14.0. The maximum absolute atomic E-state index is 12.7. The lowest BCUT2D eigenvalue weighted by Crippen LogP contribution is -2.43. The fraction of sp³-hybridized carbons (Fsp3) is 0.588. The number of carbonyl (C=O) groups excluding carboxylic acids is 1. The molecule has 2 unspecified atom stereocenters. The highest BCUT2D eigenvalue weighted by Crippen LogP contribution is 2.36. The smallest absolute Gasteiger partial charge is 0.355 e. The van der Waals surface area contributed by atoms with Gasteiger partial charge in [-0.25, -0.2) is 0 Å². The van der Waals surface area contributed by atoms with Gasteiger partial charge in [0, 0.05) is 12.6 Å². The van der Waals surface area contributed by atoms with Gasteiger partial charge in [-0.2, -0.15) is 13.2 Å². The van der Waals surface area contributed by atoms with Gasteiger partial charge in [-0.15, -0.1) is 0 Å². The number of benzene rings is 1.